The lowest BCUT2D eigenvalue weighted by Crippen LogP contribution is -2.42. The van der Waals surface area contributed by atoms with Crippen LogP contribution in [0.5, 0.6) is 0 Å². The number of carbonyl (C=O) groups excluding carboxylic acids is 1. The molecule has 114 valence electrons. The van der Waals surface area contributed by atoms with E-state index in [0.717, 1.165) is 11.8 Å². The second-order valence-electron chi connectivity index (χ2n) is 5.05. The molecule has 0 spiro atoms. The number of carbonyl (C=O) groups is 1. The second kappa shape index (κ2) is 5.87. The Morgan fingerprint density at radius 2 is 1.86 bits per heavy atom. The number of Topliss-reactive ketones (excluding diaryl/α,β-unsaturated/α-hetero) is 1. The predicted octanol–water partition coefficient (Wildman–Crippen LogP) is 1.16. The van der Waals surface area contributed by atoms with Crippen molar-refractivity contribution < 1.29 is 17.4 Å². The van der Waals surface area contributed by atoms with E-state index in [4.69, 9.17) is 4.18 Å². The van der Waals surface area contributed by atoms with Crippen LogP contribution in [0.1, 0.15) is 15.9 Å². The monoisotopic (exact) mass is 310 g/mol. The molecule has 1 aromatic carbocycles. The van der Waals surface area contributed by atoms with Crippen LogP contribution in [-0.4, -0.2) is 50.2 Å². The molecule has 0 aromatic heterocycles. The highest BCUT2D eigenvalue weighted by Gasteiger charge is 2.29. The molecule has 0 radical (unpaired) electrons. The van der Waals surface area contributed by atoms with Gasteiger partial charge in [0.05, 0.1) is 12.8 Å². The maximum Gasteiger partial charge on any atom is 0.267 e. The zero-order chi connectivity index (χ0) is 15.6. The average molecular weight is 310 g/mol. The van der Waals surface area contributed by atoms with Crippen molar-refractivity contribution in [3.05, 3.63) is 47.8 Å². The Hall–Kier alpha value is -1.86. The first kappa shape index (κ1) is 15.5. The Labute approximate surface area is 124 Å². The first-order chi connectivity index (χ1) is 9.76. The fraction of sp³-hybridized carbons (Fsp3) is 0.357. The highest BCUT2D eigenvalue weighted by atomic mass is 32.2. The Bertz CT molecular complexity index is 652. The fourth-order valence-corrected chi connectivity index (χ4v) is 2.54. The first-order valence-corrected chi connectivity index (χ1v) is 8.22. The summed E-state index contributed by atoms with van der Waals surface area (Å²) in [7, 11) is -1.93. The standard InChI is InChI=1S/C14H18N2O4S/c1-11-4-6-12(7-5-11)13(17)10-16-9-8-15(2)14(16)20-21(3,18)19/h4-9,14H,10H2,1-3H3. The van der Waals surface area contributed by atoms with Gasteiger partial charge in [0.1, 0.15) is 0 Å². The van der Waals surface area contributed by atoms with Gasteiger partial charge in [0.25, 0.3) is 10.1 Å². The predicted molar refractivity (Wildman–Crippen MR) is 78.8 cm³/mol. The topological polar surface area (TPSA) is 66.9 Å². The van der Waals surface area contributed by atoms with Crippen LogP contribution >= 0.6 is 0 Å². The van der Waals surface area contributed by atoms with Gasteiger partial charge < -0.3 is 9.80 Å². The molecule has 0 bridgehead atoms. The van der Waals surface area contributed by atoms with E-state index in [1.807, 2.05) is 19.1 Å². The molecule has 6 nitrogen and oxygen atoms in total. The maximum atomic E-state index is 12.2. The molecule has 0 fully saturated rings. The lowest BCUT2D eigenvalue weighted by Gasteiger charge is -2.28. The van der Waals surface area contributed by atoms with Crippen molar-refractivity contribution in [2.75, 3.05) is 19.8 Å². The minimum atomic E-state index is -3.61. The summed E-state index contributed by atoms with van der Waals surface area (Å²) < 4.78 is 27.6. The number of rotatable bonds is 5. The number of aryl methyl sites for hydroxylation is 1. The molecule has 0 N–H and O–H groups in total. The van der Waals surface area contributed by atoms with Crippen molar-refractivity contribution in [1.82, 2.24) is 9.80 Å². The minimum absolute atomic E-state index is 0.0457. The largest absolute Gasteiger partial charge is 0.336 e. The molecule has 2 rings (SSSR count). The zero-order valence-corrected chi connectivity index (χ0v) is 13.0. The van der Waals surface area contributed by atoms with Crippen LogP contribution in [-0.2, 0) is 14.3 Å². The summed E-state index contributed by atoms with van der Waals surface area (Å²) in [5.74, 6) is -0.1000. The highest BCUT2D eigenvalue weighted by molar-refractivity contribution is 7.86. The fourth-order valence-electron chi connectivity index (χ4n) is 1.98. The molecule has 7 heteroatoms. The average Bonchev–Trinajstić information content (AvgIpc) is 2.70. The summed E-state index contributed by atoms with van der Waals surface area (Å²) in [6.45, 7) is 1.99. The van der Waals surface area contributed by atoms with Gasteiger partial charge in [-0.3, -0.25) is 4.79 Å². The van der Waals surface area contributed by atoms with Gasteiger partial charge in [-0.25, -0.2) is 4.18 Å². The summed E-state index contributed by atoms with van der Waals surface area (Å²) in [5, 5.41) is 0. The number of hydrogen-bond acceptors (Lipinski definition) is 6. The van der Waals surface area contributed by atoms with Crippen LogP contribution < -0.4 is 0 Å². The number of ketones is 1. The van der Waals surface area contributed by atoms with Crippen LogP contribution in [0, 0.1) is 6.92 Å². The summed E-state index contributed by atoms with van der Waals surface area (Å²) in [4.78, 5) is 15.4. The third kappa shape index (κ3) is 4.05. The molecule has 0 aliphatic carbocycles. The molecule has 0 saturated heterocycles. The van der Waals surface area contributed by atoms with Gasteiger partial charge in [-0.15, -0.1) is 0 Å². The molecule has 21 heavy (non-hydrogen) atoms. The number of benzene rings is 1. The summed E-state index contributed by atoms with van der Waals surface area (Å²) in [5.41, 5.74) is 1.66. The third-order valence-corrected chi connectivity index (χ3v) is 3.61. The number of nitrogens with zero attached hydrogens (tertiary/aromatic N) is 2. The molecule has 1 aliphatic rings. The lowest BCUT2D eigenvalue weighted by molar-refractivity contribution is -0.00531. The van der Waals surface area contributed by atoms with Gasteiger partial charge in [0, 0.05) is 25.0 Å². The van der Waals surface area contributed by atoms with Crippen molar-refractivity contribution >= 4 is 15.9 Å². The molecule has 1 atom stereocenters. The van der Waals surface area contributed by atoms with Gasteiger partial charge >= 0.3 is 0 Å². The van der Waals surface area contributed by atoms with E-state index in [-0.39, 0.29) is 12.3 Å². The van der Waals surface area contributed by atoms with E-state index >= 15 is 0 Å². The van der Waals surface area contributed by atoms with Gasteiger partial charge in [-0.1, -0.05) is 29.8 Å². The van der Waals surface area contributed by atoms with Crippen LogP contribution in [0.3, 0.4) is 0 Å². The normalized spacial score (nSPS) is 18.3. The Kier molecular flexibility index (Phi) is 4.34. The first-order valence-electron chi connectivity index (χ1n) is 6.40. The van der Waals surface area contributed by atoms with Gasteiger partial charge in [0.15, 0.2) is 5.78 Å². The van der Waals surface area contributed by atoms with E-state index in [0.29, 0.717) is 5.56 Å². The molecule has 1 unspecified atom stereocenters. The lowest BCUT2D eigenvalue weighted by atomic mass is 10.1. The Morgan fingerprint density at radius 1 is 1.24 bits per heavy atom. The second-order valence-corrected chi connectivity index (χ2v) is 6.65. The number of hydrogen-bond donors (Lipinski definition) is 0. The van der Waals surface area contributed by atoms with Gasteiger partial charge in [0.2, 0.25) is 6.35 Å². The van der Waals surface area contributed by atoms with E-state index in [2.05, 4.69) is 0 Å². The summed E-state index contributed by atoms with van der Waals surface area (Å²) in [6.07, 6.45) is 3.47. The molecule has 0 amide bonds. The molecule has 1 heterocycles. The van der Waals surface area contributed by atoms with Crippen LogP contribution in [0.4, 0.5) is 0 Å². The Morgan fingerprint density at radius 3 is 2.43 bits per heavy atom. The minimum Gasteiger partial charge on any atom is -0.336 e. The van der Waals surface area contributed by atoms with E-state index in [1.54, 1.807) is 41.4 Å². The van der Waals surface area contributed by atoms with Crippen molar-refractivity contribution in [2.24, 2.45) is 0 Å². The van der Waals surface area contributed by atoms with Crippen molar-refractivity contribution in [3.63, 3.8) is 0 Å². The van der Waals surface area contributed by atoms with Crippen LogP contribution in [0.15, 0.2) is 36.7 Å². The molecular weight excluding hydrogens is 292 g/mol. The van der Waals surface area contributed by atoms with Crippen molar-refractivity contribution in [1.29, 1.82) is 0 Å². The van der Waals surface area contributed by atoms with Gasteiger partial charge in [-0.05, 0) is 6.92 Å². The van der Waals surface area contributed by atoms with Crippen molar-refractivity contribution in [2.45, 2.75) is 13.3 Å². The Balaban J connectivity index is 2.08. The van der Waals surface area contributed by atoms with E-state index < -0.39 is 16.5 Å². The molecule has 1 aliphatic heterocycles. The van der Waals surface area contributed by atoms with E-state index in [9.17, 15) is 13.2 Å². The smallest absolute Gasteiger partial charge is 0.267 e. The zero-order valence-electron chi connectivity index (χ0n) is 12.2. The quantitative estimate of drug-likeness (QED) is 0.600. The molecular formula is C14H18N2O4S. The summed E-state index contributed by atoms with van der Waals surface area (Å²) in [6, 6.07) is 7.24. The highest BCUT2D eigenvalue weighted by Crippen LogP contribution is 2.17. The SMILES string of the molecule is Cc1ccc(C(=O)CN2C=CN(C)C2OS(C)(=O)=O)cc1. The third-order valence-electron chi connectivity index (χ3n) is 3.09. The van der Waals surface area contributed by atoms with E-state index in [1.165, 1.54) is 0 Å². The van der Waals surface area contributed by atoms with Gasteiger partial charge in [-0.2, -0.15) is 8.42 Å². The molecule has 1 aromatic rings. The van der Waals surface area contributed by atoms with Crippen molar-refractivity contribution in [3.8, 4) is 0 Å². The molecule has 0 saturated carbocycles. The summed E-state index contributed by atoms with van der Waals surface area (Å²) >= 11 is 0. The van der Waals surface area contributed by atoms with Crippen LogP contribution in [0.2, 0.25) is 0 Å². The maximum absolute atomic E-state index is 12.2. The van der Waals surface area contributed by atoms with Crippen LogP contribution in [0.25, 0.3) is 0 Å².